The Bertz CT molecular complexity index is 246. The van der Waals surface area contributed by atoms with Crippen molar-refractivity contribution in [1.82, 2.24) is 10.6 Å². The molecule has 18 heavy (non-hydrogen) atoms. The zero-order chi connectivity index (χ0) is 12.6. The molecule has 0 aromatic carbocycles. The smallest absolute Gasteiger partial charge is 0.220 e. The van der Waals surface area contributed by atoms with E-state index < -0.39 is 0 Å². The van der Waals surface area contributed by atoms with Gasteiger partial charge in [0.25, 0.3) is 0 Å². The number of carbonyl (C=O) groups is 1. The van der Waals surface area contributed by atoms with Gasteiger partial charge in [0.2, 0.25) is 5.91 Å². The van der Waals surface area contributed by atoms with E-state index in [-0.39, 0.29) is 5.91 Å². The van der Waals surface area contributed by atoms with E-state index in [1.807, 2.05) is 0 Å². The molecule has 0 radical (unpaired) electrons. The third-order valence-electron chi connectivity index (χ3n) is 4.00. The number of ether oxygens (including phenoxy) is 1. The molecular weight excluding hydrogens is 228 g/mol. The first kappa shape index (κ1) is 13.8. The lowest BCUT2D eigenvalue weighted by Gasteiger charge is -2.22. The van der Waals surface area contributed by atoms with Gasteiger partial charge in [-0.05, 0) is 57.5 Å². The largest absolute Gasteiger partial charge is 0.378 e. The molecule has 2 unspecified atom stereocenters. The van der Waals surface area contributed by atoms with Gasteiger partial charge in [-0.15, -0.1) is 0 Å². The molecule has 2 atom stereocenters. The Kier molecular flexibility index (Phi) is 5.94. The molecule has 2 heterocycles. The van der Waals surface area contributed by atoms with E-state index in [1.165, 1.54) is 19.3 Å². The van der Waals surface area contributed by atoms with Crippen molar-refractivity contribution >= 4 is 5.91 Å². The number of carbonyl (C=O) groups excluding carboxylic acids is 1. The van der Waals surface area contributed by atoms with E-state index in [4.69, 9.17) is 4.74 Å². The van der Waals surface area contributed by atoms with Crippen LogP contribution in [0.2, 0.25) is 0 Å². The Morgan fingerprint density at radius 1 is 1.28 bits per heavy atom. The fraction of sp³-hybridized carbons (Fsp3) is 0.929. The lowest BCUT2D eigenvalue weighted by molar-refractivity contribution is -0.121. The van der Waals surface area contributed by atoms with E-state index in [2.05, 4.69) is 10.6 Å². The van der Waals surface area contributed by atoms with Crippen LogP contribution < -0.4 is 10.6 Å². The molecule has 0 saturated carbocycles. The molecule has 0 aliphatic carbocycles. The van der Waals surface area contributed by atoms with Crippen molar-refractivity contribution < 1.29 is 9.53 Å². The van der Waals surface area contributed by atoms with Gasteiger partial charge in [-0.3, -0.25) is 4.79 Å². The summed E-state index contributed by atoms with van der Waals surface area (Å²) in [6, 6.07) is 0. The third kappa shape index (κ3) is 4.94. The van der Waals surface area contributed by atoms with Gasteiger partial charge < -0.3 is 15.4 Å². The predicted octanol–water partition coefficient (Wildman–Crippen LogP) is 1.45. The average Bonchev–Trinajstić information content (AvgIpc) is 2.91. The maximum atomic E-state index is 11.7. The minimum Gasteiger partial charge on any atom is -0.378 e. The molecule has 0 aromatic heterocycles. The summed E-state index contributed by atoms with van der Waals surface area (Å²) in [5, 5.41) is 6.35. The van der Waals surface area contributed by atoms with Crippen LogP contribution in [0.5, 0.6) is 0 Å². The first-order valence-electron chi connectivity index (χ1n) is 7.43. The number of rotatable bonds is 6. The molecule has 2 rings (SSSR count). The molecule has 104 valence electrons. The molecule has 0 aromatic rings. The highest BCUT2D eigenvalue weighted by atomic mass is 16.5. The van der Waals surface area contributed by atoms with Crippen molar-refractivity contribution in [2.24, 2.45) is 5.92 Å². The summed E-state index contributed by atoms with van der Waals surface area (Å²) in [6.07, 6.45) is 7.89. The second kappa shape index (κ2) is 7.74. The highest BCUT2D eigenvalue weighted by Gasteiger charge is 2.16. The SMILES string of the molecule is O=C(CCC1CCNC1)NCCC1CCCCO1. The van der Waals surface area contributed by atoms with Crippen molar-refractivity contribution in [3.63, 3.8) is 0 Å². The van der Waals surface area contributed by atoms with Gasteiger partial charge in [-0.25, -0.2) is 0 Å². The van der Waals surface area contributed by atoms with E-state index in [0.717, 1.165) is 45.5 Å². The van der Waals surface area contributed by atoms with E-state index >= 15 is 0 Å². The topological polar surface area (TPSA) is 50.4 Å². The average molecular weight is 254 g/mol. The molecule has 2 aliphatic rings. The maximum absolute atomic E-state index is 11.7. The predicted molar refractivity (Wildman–Crippen MR) is 71.4 cm³/mol. The Labute approximate surface area is 110 Å². The number of nitrogens with one attached hydrogen (secondary N) is 2. The molecule has 2 aliphatic heterocycles. The van der Waals surface area contributed by atoms with Crippen LogP contribution in [0, 0.1) is 5.92 Å². The first-order chi connectivity index (χ1) is 8.84. The molecular formula is C14H26N2O2. The van der Waals surface area contributed by atoms with Gasteiger partial charge >= 0.3 is 0 Å². The van der Waals surface area contributed by atoms with Crippen molar-refractivity contribution in [2.75, 3.05) is 26.2 Å². The summed E-state index contributed by atoms with van der Waals surface area (Å²) in [5.41, 5.74) is 0. The lowest BCUT2D eigenvalue weighted by atomic mass is 10.0. The summed E-state index contributed by atoms with van der Waals surface area (Å²) in [6.45, 7) is 3.87. The fourth-order valence-electron chi connectivity index (χ4n) is 2.79. The van der Waals surface area contributed by atoms with Crippen molar-refractivity contribution in [1.29, 1.82) is 0 Å². The van der Waals surface area contributed by atoms with Crippen LogP contribution in [-0.2, 0) is 9.53 Å². The Hall–Kier alpha value is -0.610. The van der Waals surface area contributed by atoms with Crippen molar-refractivity contribution in [3.8, 4) is 0 Å². The number of hydrogen-bond donors (Lipinski definition) is 2. The van der Waals surface area contributed by atoms with Crippen LogP contribution in [0.15, 0.2) is 0 Å². The van der Waals surface area contributed by atoms with Crippen molar-refractivity contribution in [3.05, 3.63) is 0 Å². The molecule has 4 nitrogen and oxygen atoms in total. The monoisotopic (exact) mass is 254 g/mol. The standard InChI is InChI=1S/C14H26N2O2/c17-14(5-4-12-6-8-15-11-12)16-9-7-13-3-1-2-10-18-13/h12-13,15H,1-11H2,(H,16,17). The normalized spacial score (nSPS) is 28.2. The number of hydrogen-bond acceptors (Lipinski definition) is 3. The van der Waals surface area contributed by atoms with Crippen LogP contribution in [0.4, 0.5) is 0 Å². The van der Waals surface area contributed by atoms with Gasteiger partial charge in [0.1, 0.15) is 0 Å². The molecule has 4 heteroatoms. The third-order valence-corrected chi connectivity index (χ3v) is 4.00. The summed E-state index contributed by atoms with van der Waals surface area (Å²) in [4.78, 5) is 11.7. The van der Waals surface area contributed by atoms with Gasteiger partial charge in [0.15, 0.2) is 0 Å². The molecule has 2 saturated heterocycles. The zero-order valence-electron chi connectivity index (χ0n) is 11.2. The molecule has 0 spiro atoms. The van der Waals surface area contributed by atoms with Crippen LogP contribution in [0.3, 0.4) is 0 Å². The molecule has 2 fully saturated rings. The van der Waals surface area contributed by atoms with Crippen LogP contribution >= 0.6 is 0 Å². The van der Waals surface area contributed by atoms with Gasteiger partial charge in [-0.2, -0.15) is 0 Å². The zero-order valence-corrected chi connectivity index (χ0v) is 11.2. The Balaban J connectivity index is 1.48. The van der Waals surface area contributed by atoms with Crippen molar-refractivity contribution in [2.45, 2.75) is 51.0 Å². The Morgan fingerprint density at radius 3 is 2.94 bits per heavy atom. The van der Waals surface area contributed by atoms with Crippen LogP contribution in [0.25, 0.3) is 0 Å². The van der Waals surface area contributed by atoms with E-state index in [9.17, 15) is 4.79 Å². The fourth-order valence-corrected chi connectivity index (χ4v) is 2.79. The van der Waals surface area contributed by atoms with Crippen LogP contribution in [0.1, 0.15) is 44.9 Å². The summed E-state index contributed by atoms with van der Waals surface area (Å²) < 4.78 is 5.64. The van der Waals surface area contributed by atoms with E-state index in [1.54, 1.807) is 0 Å². The van der Waals surface area contributed by atoms with Crippen LogP contribution in [-0.4, -0.2) is 38.3 Å². The maximum Gasteiger partial charge on any atom is 0.220 e. The van der Waals surface area contributed by atoms with Gasteiger partial charge in [-0.1, -0.05) is 0 Å². The second-order valence-corrected chi connectivity index (χ2v) is 5.52. The molecule has 2 N–H and O–H groups in total. The molecule has 0 bridgehead atoms. The first-order valence-corrected chi connectivity index (χ1v) is 7.43. The summed E-state index contributed by atoms with van der Waals surface area (Å²) in [7, 11) is 0. The van der Waals surface area contributed by atoms with Gasteiger partial charge in [0.05, 0.1) is 6.10 Å². The highest BCUT2D eigenvalue weighted by molar-refractivity contribution is 5.75. The minimum absolute atomic E-state index is 0.206. The molecule has 1 amide bonds. The van der Waals surface area contributed by atoms with Gasteiger partial charge in [0, 0.05) is 19.6 Å². The Morgan fingerprint density at radius 2 is 2.22 bits per heavy atom. The quantitative estimate of drug-likeness (QED) is 0.754. The summed E-state index contributed by atoms with van der Waals surface area (Å²) >= 11 is 0. The van der Waals surface area contributed by atoms with E-state index in [0.29, 0.717) is 18.4 Å². The second-order valence-electron chi connectivity index (χ2n) is 5.52. The summed E-state index contributed by atoms with van der Waals surface area (Å²) in [5.74, 6) is 0.912. The number of amides is 1. The highest BCUT2D eigenvalue weighted by Crippen LogP contribution is 2.15. The minimum atomic E-state index is 0.206. The lowest BCUT2D eigenvalue weighted by Crippen LogP contribution is -2.29.